The van der Waals surface area contributed by atoms with Crippen LogP contribution in [0.5, 0.6) is 5.75 Å². The van der Waals surface area contributed by atoms with Crippen LogP contribution in [0.4, 0.5) is 4.39 Å². The molecule has 0 amide bonds. The average molecular weight is 267 g/mol. The Morgan fingerprint density at radius 2 is 2.06 bits per heavy atom. The summed E-state index contributed by atoms with van der Waals surface area (Å²) >= 11 is 5.65. The largest absolute Gasteiger partial charge is 0.506 e. The number of aryl methyl sites for hydroxylation is 2. The minimum atomic E-state index is -0.488. The van der Waals surface area contributed by atoms with E-state index in [4.69, 9.17) is 11.6 Å². The summed E-state index contributed by atoms with van der Waals surface area (Å²) in [6.07, 6.45) is 6.02. The van der Waals surface area contributed by atoms with Crippen LogP contribution in [0.15, 0.2) is 18.3 Å². The van der Waals surface area contributed by atoms with Gasteiger partial charge in [0.25, 0.3) is 0 Å². The minimum absolute atomic E-state index is 0.00756. The second-order valence-electron chi connectivity index (χ2n) is 4.51. The highest BCUT2D eigenvalue weighted by molar-refractivity contribution is 6.32. The molecule has 1 aliphatic carbocycles. The molecular weight excluding hydrogens is 255 g/mol. The first kappa shape index (κ1) is 11.5. The normalized spacial score (nSPS) is 14.6. The zero-order valence-corrected chi connectivity index (χ0v) is 10.4. The summed E-state index contributed by atoms with van der Waals surface area (Å²) in [6.45, 7) is 0. The summed E-state index contributed by atoms with van der Waals surface area (Å²) in [4.78, 5) is 0. The molecule has 1 aromatic carbocycles. The molecule has 5 heteroatoms. The van der Waals surface area contributed by atoms with E-state index < -0.39 is 5.82 Å². The number of phenolic OH excluding ortho intramolecular Hbond substituents is 1. The Morgan fingerprint density at radius 3 is 2.83 bits per heavy atom. The van der Waals surface area contributed by atoms with E-state index in [0.717, 1.165) is 43.0 Å². The van der Waals surface area contributed by atoms with Gasteiger partial charge in [-0.25, -0.2) is 9.07 Å². The van der Waals surface area contributed by atoms with Crippen LogP contribution in [-0.2, 0) is 12.8 Å². The molecule has 1 aliphatic rings. The van der Waals surface area contributed by atoms with E-state index in [1.165, 1.54) is 10.7 Å². The molecular formula is C13H12ClFN2O. The molecule has 2 aromatic rings. The molecule has 0 saturated carbocycles. The van der Waals surface area contributed by atoms with Gasteiger partial charge >= 0.3 is 0 Å². The summed E-state index contributed by atoms with van der Waals surface area (Å²) in [7, 11) is 0. The van der Waals surface area contributed by atoms with Crippen molar-refractivity contribution in [3.05, 3.63) is 40.4 Å². The van der Waals surface area contributed by atoms with Crippen LogP contribution in [0.3, 0.4) is 0 Å². The first-order chi connectivity index (χ1) is 8.65. The van der Waals surface area contributed by atoms with Crippen molar-refractivity contribution in [1.29, 1.82) is 0 Å². The third-order valence-corrected chi connectivity index (χ3v) is 3.55. The van der Waals surface area contributed by atoms with E-state index in [0.29, 0.717) is 0 Å². The van der Waals surface area contributed by atoms with Gasteiger partial charge in [-0.3, -0.25) is 0 Å². The van der Waals surface area contributed by atoms with Crippen molar-refractivity contribution in [2.75, 3.05) is 0 Å². The van der Waals surface area contributed by atoms with Crippen LogP contribution >= 0.6 is 11.6 Å². The molecule has 0 spiro atoms. The molecule has 1 N–H and O–H groups in total. The number of aromatic hydroxyl groups is 1. The van der Waals surface area contributed by atoms with Gasteiger partial charge in [0.15, 0.2) is 5.82 Å². The number of hydrogen-bond acceptors (Lipinski definition) is 2. The Hall–Kier alpha value is -1.55. The summed E-state index contributed by atoms with van der Waals surface area (Å²) in [5.41, 5.74) is 2.41. The van der Waals surface area contributed by atoms with Crippen molar-refractivity contribution in [3.8, 4) is 11.4 Å². The zero-order valence-electron chi connectivity index (χ0n) is 9.66. The third kappa shape index (κ3) is 1.86. The van der Waals surface area contributed by atoms with Crippen LogP contribution in [0.25, 0.3) is 5.69 Å². The number of benzene rings is 1. The van der Waals surface area contributed by atoms with Gasteiger partial charge in [-0.2, -0.15) is 5.10 Å². The molecule has 0 fully saturated rings. The summed E-state index contributed by atoms with van der Waals surface area (Å²) in [6, 6.07) is 2.41. The molecule has 1 aromatic heterocycles. The van der Waals surface area contributed by atoms with Gasteiger partial charge in [-0.1, -0.05) is 11.6 Å². The van der Waals surface area contributed by atoms with E-state index >= 15 is 0 Å². The minimum Gasteiger partial charge on any atom is -0.506 e. The Bertz CT molecular complexity index is 586. The Morgan fingerprint density at radius 1 is 1.28 bits per heavy atom. The van der Waals surface area contributed by atoms with E-state index in [1.807, 2.05) is 6.20 Å². The van der Waals surface area contributed by atoms with Crippen molar-refractivity contribution in [2.45, 2.75) is 25.7 Å². The molecule has 3 nitrogen and oxygen atoms in total. The Balaban J connectivity index is 2.09. The van der Waals surface area contributed by atoms with Crippen molar-refractivity contribution < 1.29 is 9.50 Å². The highest BCUT2D eigenvalue weighted by Crippen LogP contribution is 2.29. The van der Waals surface area contributed by atoms with Gasteiger partial charge in [0.2, 0.25) is 0 Å². The third-order valence-electron chi connectivity index (χ3n) is 3.25. The maximum atomic E-state index is 13.8. The van der Waals surface area contributed by atoms with Crippen LogP contribution in [-0.4, -0.2) is 14.9 Å². The summed E-state index contributed by atoms with van der Waals surface area (Å²) in [5, 5.41) is 13.9. The molecule has 3 rings (SSSR count). The fourth-order valence-corrected chi connectivity index (χ4v) is 2.45. The Labute approximate surface area is 109 Å². The van der Waals surface area contributed by atoms with Gasteiger partial charge < -0.3 is 5.11 Å². The number of fused-ring (bicyclic) bond motifs is 1. The number of nitrogens with zero attached hydrogens (tertiary/aromatic N) is 2. The molecule has 0 saturated heterocycles. The lowest BCUT2D eigenvalue weighted by molar-refractivity contribution is 0.472. The number of hydrogen-bond donors (Lipinski definition) is 1. The van der Waals surface area contributed by atoms with Crippen molar-refractivity contribution in [1.82, 2.24) is 9.78 Å². The predicted octanol–water partition coefficient (Wildman–Crippen LogP) is 3.25. The van der Waals surface area contributed by atoms with Crippen LogP contribution in [0.2, 0.25) is 5.02 Å². The standard InChI is InChI=1S/C13H12ClFN2O/c14-9-5-10(15)12(6-13(9)18)17-7-8-3-1-2-4-11(8)16-17/h5-7,18H,1-4H2. The van der Waals surface area contributed by atoms with Gasteiger partial charge in [-0.05, 0) is 37.3 Å². The van der Waals surface area contributed by atoms with Gasteiger partial charge in [-0.15, -0.1) is 0 Å². The molecule has 0 unspecified atom stereocenters. The van der Waals surface area contributed by atoms with E-state index in [9.17, 15) is 9.50 Å². The summed E-state index contributed by atoms with van der Waals surface area (Å²) in [5.74, 6) is -0.626. The maximum Gasteiger partial charge on any atom is 0.150 e. The highest BCUT2D eigenvalue weighted by atomic mass is 35.5. The molecule has 18 heavy (non-hydrogen) atoms. The number of phenols is 1. The molecule has 0 bridgehead atoms. The first-order valence-electron chi connectivity index (χ1n) is 5.91. The zero-order chi connectivity index (χ0) is 12.7. The summed E-state index contributed by atoms with van der Waals surface area (Å²) < 4.78 is 15.3. The maximum absolute atomic E-state index is 13.8. The van der Waals surface area contributed by atoms with E-state index in [1.54, 1.807) is 0 Å². The van der Waals surface area contributed by atoms with Crippen molar-refractivity contribution in [3.63, 3.8) is 0 Å². The number of aromatic nitrogens is 2. The molecule has 0 aliphatic heterocycles. The van der Waals surface area contributed by atoms with Crippen molar-refractivity contribution in [2.24, 2.45) is 0 Å². The van der Waals surface area contributed by atoms with E-state index in [-0.39, 0.29) is 16.5 Å². The lowest BCUT2D eigenvalue weighted by Gasteiger charge is -2.06. The molecule has 94 valence electrons. The van der Waals surface area contributed by atoms with Gasteiger partial charge in [0.05, 0.1) is 10.7 Å². The average Bonchev–Trinajstić information content (AvgIpc) is 2.77. The second kappa shape index (κ2) is 4.28. The lowest BCUT2D eigenvalue weighted by atomic mass is 9.99. The van der Waals surface area contributed by atoms with Gasteiger partial charge in [0.1, 0.15) is 11.4 Å². The molecule has 0 radical (unpaired) electrons. The van der Waals surface area contributed by atoms with E-state index in [2.05, 4.69) is 5.10 Å². The number of halogens is 2. The number of rotatable bonds is 1. The smallest absolute Gasteiger partial charge is 0.150 e. The van der Waals surface area contributed by atoms with Crippen LogP contribution in [0.1, 0.15) is 24.1 Å². The molecule has 1 heterocycles. The highest BCUT2D eigenvalue weighted by Gasteiger charge is 2.16. The first-order valence-corrected chi connectivity index (χ1v) is 6.29. The lowest BCUT2D eigenvalue weighted by Crippen LogP contribution is -2.01. The van der Waals surface area contributed by atoms with Crippen molar-refractivity contribution >= 4 is 11.6 Å². The fraction of sp³-hybridized carbons (Fsp3) is 0.308. The van der Waals surface area contributed by atoms with Crippen LogP contribution in [0, 0.1) is 5.82 Å². The monoisotopic (exact) mass is 266 g/mol. The SMILES string of the molecule is Oc1cc(-n2cc3c(n2)CCCC3)c(F)cc1Cl. The topological polar surface area (TPSA) is 38.0 Å². The van der Waals surface area contributed by atoms with Crippen LogP contribution < -0.4 is 0 Å². The van der Waals surface area contributed by atoms with Gasteiger partial charge in [0, 0.05) is 12.3 Å². The fourth-order valence-electron chi connectivity index (χ4n) is 2.30. The molecule has 0 atom stereocenters. The quantitative estimate of drug-likeness (QED) is 0.860. The second-order valence-corrected chi connectivity index (χ2v) is 4.91. The predicted molar refractivity (Wildman–Crippen MR) is 66.8 cm³/mol. The Kier molecular flexibility index (Phi) is 2.74.